The third-order valence-corrected chi connectivity index (χ3v) is 3.00. The summed E-state index contributed by atoms with van der Waals surface area (Å²) in [6.45, 7) is 4.40. The van der Waals surface area contributed by atoms with E-state index >= 15 is 0 Å². The van der Waals surface area contributed by atoms with E-state index in [0.29, 0.717) is 18.9 Å². The van der Waals surface area contributed by atoms with Crippen molar-refractivity contribution in [1.82, 2.24) is 10.6 Å². The fourth-order valence-corrected chi connectivity index (χ4v) is 1.93. The van der Waals surface area contributed by atoms with Crippen LogP contribution in [0.25, 0.3) is 0 Å². The maximum absolute atomic E-state index is 11.7. The summed E-state index contributed by atoms with van der Waals surface area (Å²) >= 11 is 0. The molecule has 1 aliphatic rings. The number of hydrogen-bond acceptors (Lipinski definition) is 3. The molecule has 92 valence electrons. The van der Waals surface area contributed by atoms with Gasteiger partial charge in [0.2, 0.25) is 11.8 Å². The first-order valence-corrected chi connectivity index (χ1v) is 5.88. The molecular weight excluding hydrogens is 206 g/mol. The van der Waals surface area contributed by atoms with Crippen LogP contribution in [0.3, 0.4) is 0 Å². The number of carbonyl (C=O) groups is 2. The molecule has 0 aliphatic carbocycles. The van der Waals surface area contributed by atoms with Crippen LogP contribution in [0.5, 0.6) is 0 Å². The van der Waals surface area contributed by atoms with Crippen LogP contribution < -0.4 is 16.4 Å². The minimum absolute atomic E-state index is 0.0936. The molecule has 1 aliphatic heterocycles. The normalized spacial score (nSPS) is 24.3. The number of amides is 2. The van der Waals surface area contributed by atoms with Crippen LogP contribution in [-0.4, -0.2) is 31.4 Å². The lowest BCUT2D eigenvalue weighted by Crippen LogP contribution is -2.34. The summed E-state index contributed by atoms with van der Waals surface area (Å²) in [6.07, 6.45) is 1.95. The van der Waals surface area contributed by atoms with E-state index in [-0.39, 0.29) is 17.7 Å². The van der Waals surface area contributed by atoms with Gasteiger partial charge in [-0.2, -0.15) is 0 Å². The summed E-state index contributed by atoms with van der Waals surface area (Å²) in [5.74, 6) is 0.346. The highest BCUT2D eigenvalue weighted by Crippen LogP contribution is 2.15. The Kier molecular flexibility index (Phi) is 5.25. The first-order valence-electron chi connectivity index (χ1n) is 5.88. The standard InChI is InChI=1S/C11H21N3O2/c1-8-6-13-7-9(8)11(16)14-5-3-2-4-10(12)15/h8-9,13H,2-7H2,1H3,(H2,12,15)(H,14,16). The largest absolute Gasteiger partial charge is 0.370 e. The minimum Gasteiger partial charge on any atom is -0.370 e. The molecule has 1 heterocycles. The average Bonchev–Trinajstić information content (AvgIpc) is 2.63. The van der Waals surface area contributed by atoms with Gasteiger partial charge in [-0.05, 0) is 25.3 Å². The second kappa shape index (κ2) is 6.48. The quantitative estimate of drug-likeness (QED) is 0.540. The smallest absolute Gasteiger partial charge is 0.224 e. The molecule has 0 radical (unpaired) electrons. The molecule has 0 aromatic heterocycles. The fraction of sp³-hybridized carbons (Fsp3) is 0.818. The van der Waals surface area contributed by atoms with E-state index in [2.05, 4.69) is 17.6 Å². The van der Waals surface area contributed by atoms with Crippen molar-refractivity contribution in [3.63, 3.8) is 0 Å². The van der Waals surface area contributed by atoms with Crippen molar-refractivity contribution in [2.45, 2.75) is 26.2 Å². The van der Waals surface area contributed by atoms with Crippen molar-refractivity contribution in [2.24, 2.45) is 17.6 Å². The predicted molar refractivity (Wildman–Crippen MR) is 61.6 cm³/mol. The average molecular weight is 227 g/mol. The van der Waals surface area contributed by atoms with Crippen molar-refractivity contribution < 1.29 is 9.59 Å². The van der Waals surface area contributed by atoms with Crippen molar-refractivity contribution in [2.75, 3.05) is 19.6 Å². The molecule has 1 fully saturated rings. The fourth-order valence-electron chi connectivity index (χ4n) is 1.93. The Hall–Kier alpha value is -1.10. The van der Waals surface area contributed by atoms with Crippen LogP contribution >= 0.6 is 0 Å². The molecule has 5 heteroatoms. The van der Waals surface area contributed by atoms with Crippen LogP contribution in [-0.2, 0) is 9.59 Å². The van der Waals surface area contributed by atoms with Crippen LogP contribution in [0.1, 0.15) is 26.2 Å². The molecule has 2 atom stereocenters. The number of nitrogens with two attached hydrogens (primary N) is 1. The molecule has 4 N–H and O–H groups in total. The summed E-state index contributed by atoms with van der Waals surface area (Å²) in [6, 6.07) is 0. The number of hydrogen-bond donors (Lipinski definition) is 3. The molecule has 0 aromatic rings. The second-order valence-electron chi connectivity index (χ2n) is 4.46. The minimum atomic E-state index is -0.278. The van der Waals surface area contributed by atoms with Gasteiger partial charge in [0, 0.05) is 19.5 Å². The van der Waals surface area contributed by atoms with Gasteiger partial charge >= 0.3 is 0 Å². The van der Waals surface area contributed by atoms with E-state index in [1.165, 1.54) is 0 Å². The summed E-state index contributed by atoms with van der Waals surface area (Å²) in [4.78, 5) is 22.2. The zero-order chi connectivity index (χ0) is 12.0. The van der Waals surface area contributed by atoms with Crippen molar-refractivity contribution in [3.05, 3.63) is 0 Å². The monoisotopic (exact) mass is 227 g/mol. The molecule has 1 rings (SSSR count). The molecule has 0 aromatic carbocycles. The molecule has 2 amide bonds. The molecule has 5 nitrogen and oxygen atoms in total. The summed E-state index contributed by atoms with van der Waals surface area (Å²) in [7, 11) is 0. The van der Waals surface area contributed by atoms with Gasteiger partial charge in [0.25, 0.3) is 0 Å². The Labute approximate surface area is 96.1 Å². The van der Waals surface area contributed by atoms with Crippen LogP contribution in [0, 0.1) is 11.8 Å². The molecule has 0 saturated carbocycles. The molecular formula is C11H21N3O2. The highest BCUT2D eigenvalue weighted by Gasteiger charge is 2.28. The van der Waals surface area contributed by atoms with E-state index in [1.54, 1.807) is 0 Å². The van der Waals surface area contributed by atoms with Gasteiger partial charge in [-0.3, -0.25) is 9.59 Å². The van der Waals surface area contributed by atoms with Gasteiger partial charge in [0.1, 0.15) is 0 Å². The second-order valence-corrected chi connectivity index (χ2v) is 4.46. The maximum Gasteiger partial charge on any atom is 0.224 e. The lowest BCUT2D eigenvalue weighted by atomic mass is 9.97. The number of rotatable bonds is 6. The lowest BCUT2D eigenvalue weighted by Gasteiger charge is -2.13. The summed E-state index contributed by atoms with van der Waals surface area (Å²) in [5, 5.41) is 6.10. The Morgan fingerprint density at radius 3 is 2.69 bits per heavy atom. The molecule has 16 heavy (non-hydrogen) atoms. The highest BCUT2D eigenvalue weighted by atomic mass is 16.2. The Morgan fingerprint density at radius 2 is 2.12 bits per heavy atom. The maximum atomic E-state index is 11.7. The van der Waals surface area contributed by atoms with Crippen LogP contribution in [0.2, 0.25) is 0 Å². The SMILES string of the molecule is CC1CNCC1C(=O)NCCCCC(N)=O. The van der Waals surface area contributed by atoms with Gasteiger partial charge < -0.3 is 16.4 Å². The number of unbranched alkanes of at least 4 members (excludes halogenated alkanes) is 1. The van der Waals surface area contributed by atoms with Crippen LogP contribution in [0.4, 0.5) is 0 Å². The van der Waals surface area contributed by atoms with Gasteiger partial charge in [0.05, 0.1) is 5.92 Å². The van der Waals surface area contributed by atoms with Crippen molar-refractivity contribution in [1.29, 1.82) is 0 Å². The zero-order valence-corrected chi connectivity index (χ0v) is 9.79. The number of nitrogens with one attached hydrogen (secondary N) is 2. The Morgan fingerprint density at radius 1 is 1.38 bits per heavy atom. The summed E-state index contributed by atoms with van der Waals surface area (Å²) in [5.41, 5.74) is 5.02. The first kappa shape index (κ1) is 13.0. The zero-order valence-electron chi connectivity index (χ0n) is 9.79. The van der Waals surface area contributed by atoms with Crippen molar-refractivity contribution in [3.8, 4) is 0 Å². The predicted octanol–water partition coefficient (Wildman–Crippen LogP) is -0.386. The van der Waals surface area contributed by atoms with Gasteiger partial charge in [0.15, 0.2) is 0 Å². The Balaban J connectivity index is 2.08. The third-order valence-electron chi connectivity index (χ3n) is 3.00. The van der Waals surface area contributed by atoms with Crippen molar-refractivity contribution >= 4 is 11.8 Å². The number of primary amides is 1. The highest BCUT2D eigenvalue weighted by molar-refractivity contribution is 5.79. The Bertz CT molecular complexity index is 256. The first-order chi connectivity index (χ1) is 7.61. The van der Waals surface area contributed by atoms with E-state index in [9.17, 15) is 9.59 Å². The summed E-state index contributed by atoms with van der Waals surface area (Å²) < 4.78 is 0. The molecule has 0 spiro atoms. The molecule has 2 unspecified atom stereocenters. The van der Waals surface area contributed by atoms with E-state index in [0.717, 1.165) is 25.9 Å². The van der Waals surface area contributed by atoms with E-state index in [1.807, 2.05) is 0 Å². The van der Waals surface area contributed by atoms with Crippen LogP contribution in [0.15, 0.2) is 0 Å². The van der Waals surface area contributed by atoms with E-state index in [4.69, 9.17) is 5.73 Å². The third kappa shape index (κ3) is 4.18. The van der Waals surface area contributed by atoms with Gasteiger partial charge in [-0.1, -0.05) is 6.92 Å². The lowest BCUT2D eigenvalue weighted by molar-refractivity contribution is -0.125. The topological polar surface area (TPSA) is 84.2 Å². The number of carbonyl (C=O) groups excluding carboxylic acids is 2. The molecule has 1 saturated heterocycles. The van der Waals surface area contributed by atoms with Gasteiger partial charge in [-0.15, -0.1) is 0 Å². The molecule has 0 bridgehead atoms. The van der Waals surface area contributed by atoms with E-state index < -0.39 is 0 Å². The van der Waals surface area contributed by atoms with Gasteiger partial charge in [-0.25, -0.2) is 0 Å².